The van der Waals surface area contributed by atoms with E-state index in [2.05, 4.69) is 18.9 Å². The number of likely N-dealkylation sites (N-methyl/N-ethyl adjacent to an activating group) is 2. The van der Waals surface area contributed by atoms with Crippen LogP contribution in [0.25, 0.3) is 0 Å². The van der Waals surface area contributed by atoms with Crippen LogP contribution in [0.2, 0.25) is 6.04 Å². The lowest BCUT2D eigenvalue weighted by Crippen LogP contribution is -2.43. The van der Waals surface area contributed by atoms with Gasteiger partial charge in [-0.15, -0.1) is 0 Å². The first kappa shape index (κ1) is 41.3. The zero-order chi connectivity index (χ0) is 31.7. The second kappa shape index (κ2) is 19.4. The van der Waals surface area contributed by atoms with Crippen LogP contribution >= 0.6 is 15.6 Å². The number of hydrogen-bond donors (Lipinski definition) is 4. The predicted octanol–water partition coefficient (Wildman–Crippen LogP) is 0.121. The molecule has 4 N–H and O–H groups in total. The molecule has 0 saturated carbocycles. The Bertz CT molecular complexity index is 826. The van der Waals surface area contributed by atoms with Crippen molar-refractivity contribution >= 4 is 36.3 Å². The van der Waals surface area contributed by atoms with Crippen LogP contribution in [0.1, 0.15) is 6.42 Å². The molecule has 0 aromatic carbocycles. The van der Waals surface area contributed by atoms with E-state index in [0.29, 0.717) is 41.1 Å². The van der Waals surface area contributed by atoms with Crippen molar-refractivity contribution in [2.45, 2.75) is 12.5 Å². The van der Waals surface area contributed by atoms with Gasteiger partial charge >= 0.3 is 30.4 Å². The van der Waals surface area contributed by atoms with Crippen molar-refractivity contribution < 1.29 is 74.0 Å². The van der Waals surface area contributed by atoms with Crippen molar-refractivity contribution in [3.05, 3.63) is 0 Å². The Morgan fingerprint density at radius 2 is 1.15 bits per heavy atom. The Kier molecular flexibility index (Phi) is 20.0. The molecule has 0 aliphatic rings. The van der Waals surface area contributed by atoms with Crippen molar-refractivity contribution in [2.24, 2.45) is 0 Å². The number of amides is 1. The quantitative estimate of drug-likeness (QED) is 0.0567. The number of aliphatic carboxylic acids is 1. The van der Waals surface area contributed by atoms with Gasteiger partial charge in [-0.1, -0.05) is 0 Å². The lowest BCUT2D eigenvalue weighted by molar-refractivity contribution is -0.870. The number of phosphoric acid groups is 2. The predicted molar refractivity (Wildman–Crippen MR) is 146 cm³/mol. The lowest BCUT2D eigenvalue weighted by atomic mass is 10.4. The number of hydrogen-bond acceptors (Lipinski definition) is 11. The minimum atomic E-state index is -4.24. The fraction of sp³-hybridized carbons (Fsp3) is 0.900. The van der Waals surface area contributed by atoms with Crippen LogP contribution in [-0.4, -0.2) is 154 Å². The average Bonchev–Trinajstić information content (AvgIpc) is 2.81. The maximum absolute atomic E-state index is 11.7. The number of quaternary nitrogens is 2. The molecule has 0 fully saturated rings. The molecule has 0 bridgehead atoms. The molecule has 40 heavy (non-hydrogen) atoms. The van der Waals surface area contributed by atoms with Crippen molar-refractivity contribution in [1.82, 2.24) is 5.32 Å². The summed E-state index contributed by atoms with van der Waals surface area (Å²) in [7, 11) is 4.89. The fourth-order valence-electron chi connectivity index (χ4n) is 2.35. The molecular weight excluding hydrogens is 596 g/mol. The normalized spacial score (nSPS) is 15.4. The Balaban J connectivity index is 0. The van der Waals surface area contributed by atoms with E-state index < -0.39 is 49.5 Å². The molecule has 1 amide bonds. The Labute approximate surface area is 238 Å². The smallest absolute Gasteiger partial charge is 0.480 e. The minimum Gasteiger partial charge on any atom is -0.480 e. The molecule has 2 atom stereocenters. The van der Waals surface area contributed by atoms with Crippen LogP contribution in [0.3, 0.4) is 0 Å². The maximum atomic E-state index is 11.7. The fourth-order valence-corrected chi connectivity index (χ4v) is 5.40. The molecule has 0 aliphatic carbocycles. The standard InChI is InChI=1S/C13H31N2O8PSi.C7H16NO6P/c1-15(2,3)9-10-22-24(17,18)23-12-13(16)14-8-7-11-25(19-4,20-5)21-6;1-8(2,3)4-5-13-15(11,12)14-6-7(9)10/h7-12H2,1-6H3,(H-,14,16,17,18);4-6H2,1-3H3,(H-,9,10,11,12)/p+2. The third kappa shape index (κ3) is 24.9. The highest BCUT2D eigenvalue weighted by Gasteiger charge is 2.36. The topological polar surface area (TPSA) is 206 Å². The van der Waals surface area contributed by atoms with Gasteiger partial charge in [-0.3, -0.25) is 22.9 Å². The van der Waals surface area contributed by atoms with E-state index in [0.717, 1.165) is 0 Å². The van der Waals surface area contributed by atoms with Gasteiger partial charge in [0.05, 0.1) is 42.3 Å². The molecule has 0 spiro atoms. The van der Waals surface area contributed by atoms with Crippen molar-refractivity contribution in [1.29, 1.82) is 0 Å². The average molecular weight is 646 g/mol. The Hall–Kier alpha value is -0.823. The highest BCUT2D eigenvalue weighted by atomic mass is 31.2. The summed E-state index contributed by atoms with van der Waals surface area (Å²) in [5.74, 6) is -1.83. The molecular formula is C20H49N3O14P2Si+2. The summed E-state index contributed by atoms with van der Waals surface area (Å²) in [4.78, 5) is 40.2. The molecule has 0 aromatic heterocycles. The zero-order valence-electron chi connectivity index (χ0n) is 25.0. The number of phosphoric ester groups is 2. The number of nitrogens with zero attached hydrogens (tertiary/aromatic N) is 2. The summed E-state index contributed by atoms with van der Waals surface area (Å²) < 4.78 is 57.9. The molecule has 0 heterocycles. The van der Waals surface area contributed by atoms with E-state index in [4.69, 9.17) is 27.8 Å². The second-order valence-electron chi connectivity index (χ2n) is 10.3. The first-order valence-electron chi connectivity index (χ1n) is 12.1. The summed E-state index contributed by atoms with van der Waals surface area (Å²) in [5, 5.41) is 10.8. The number of carbonyl (C=O) groups excluding carboxylic acids is 1. The molecule has 17 nitrogen and oxygen atoms in total. The van der Waals surface area contributed by atoms with Gasteiger partial charge in [-0.2, -0.15) is 0 Å². The molecule has 240 valence electrons. The number of carboxylic acid groups (broad SMARTS) is 1. The van der Waals surface area contributed by atoms with E-state index in [1.165, 1.54) is 21.3 Å². The number of carboxylic acids is 1. The van der Waals surface area contributed by atoms with Crippen LogP contribution in [0.15, 0.2) is 0 Å². The highest BCUT2D eigenvalue weighted by Crippen LogP contribution is 2.43. The first-order valence-corrected chi connectivity index (χ1v) is 17.0. The van der Waals surface area contributed by atoms with Crippen LogP contribution in [0.4, 0.5) is 0 Å². The minimum absolute atomic E-state index is 0.0247. The van der Waals surface area contributed by atoms with E-state index in [1.54, 1.807) is 0 Å². The van der Waals surface area contributed by atoms with Gasteiger partial charge < -0.3 is 42.5 Å². The van der Waals surface area contributed by atoms with Gasteiger partial charge in [-0.05, 0) is 6.42 Å². The number of carbonyl (C=O) groups is 2. The summed E-state index contributed by atoms with van der Waals surface area (Å²) in [6.07, 6.45) is 0.574. The summed E-state index contributed by atoms with van der Waals surface area (Å²) in [6, 6.07) is 0.532. The summed E-state index contributed by atoms with van der Waals surface area (Å²) >= 11 is 0. The molecule has 0 saturated heterocycles. The van der Waals surface area contributed by atoms with Crippen LogP contribution in [-0.2, 0) is 50.1 Å². The summed E-state index contributed by atoms with van der Waals surface area (Å²) in [5.41, 5.74) is 0. The molecule has 2 unspecified atom stereocenters. The largest absolute Gasteiger partial charge is 0.500 e. The van der Waals surface area contributed by atoms with Crippen molar-refractivity contribution in [2.75, 3.05) is 110 Å². The van der Waals surface area contributed by atoms with E-state index in [9.17, 15) is 23.6 Å². The third-order valence-electron chi connectivity index (χ3n) is 4.66. The third-order valence-corrected chi connectivity index (χ3v) is 9.42. The zero-order valence-corrected chi connectivity index (χ0v) is 27.8. The lowest BCUT2D eigenvalue weighted by Gasteiger charge is -2.24. The van der Waals surface area contributed by atoms with Crippen LogP contribution in [0, 0.1) is 0 Å². The Morgan fingerprint density at radius 3 is 1.50 bits per heavy atom. The molecule has 0 radical (unpaired) electrons. The van der Waals surface area contributed by atoms with Gasteiger partial charge in [0, 0.05) is 33.9 Å². The highest BCUT2D eigenvalue weighted by molar-refractivity contribution is 7.47. The SMILES string of the molecule is CO[Si](CCCNC(=O)COP(=O)(O)OCC[N+](C)(C)C)(OC)OC.C[N+](C)(C)CCOP(=O)(O)OCC(=O)O. The molecule has 0 aliphatic heterocycles. The van der Waals surface area contributed by atoms with Crippen molar-refractivity contribution in [3.8, 4) is 0 Å². The van der Waals surface area contributed by atoms with Gasteiger partial charge in [0.1, 0.15) is 32.9 Å². The van der Waals surface area contributed by atoms with E-state index in [1.807, 2.05) is 42.3 Å². The number of nitrogens with one attached hydrogen (secondary N) is 1. The monoisotopic (exact) mass is 645 g/mol. The second-order valence-corrected chi connectivity index (χ2v) is 16.3. The van der Waals surface area contributed by atoms with Crippen LogP contribution < -0.4 is 5.32 Å². The van der Waals surface area contributed by atoms with E-state index in [-0.39, 0.29) is 13.2 Å². The van der Waals surface area contributed by atoms with Crippen LogP contribution in [0.5, 0.6) is 0 Å². The van der Waals surface area contributed by atoms with Gasteiger partial charge in [0.15, 0.2) is 6.61 Å². The van der Waals surface area contributed by atoms with Crippen molar-refractivity contribution in [3.63, 3.8) is 0 Å². The van der Waals surface area contributed by atoms with E-state index >= 15 is 0 Å². The Morgan fingerprint density at radius 1 is 0.750 bits per heavy atom. The number of rotatable bonds is 21. The molecule has 20 heteroatoms. The maximum Gasteiger partial charge on any atom is 0.500 e. The molecule has 0 aromatic rings. The van der Waals surface area contributed by atoms with Gasteiger partial charge in [0.25, 0.3) is 0 Å². The summed E-state index contributed by atoms with van der Waals surface area (Å²) in [6.45, 7) is 0.0572. The van der Waals surface area contributed by atoms with Gasteiger partial charge in [0.2, 0.25) is 5.91 Å². The van der Waals surface area contributed by atoms with Gasteiger partial charge in [-0.25, -0.2) is 13.9 Å². The first-order chi connectivity index (χ1) is 18.1. The molecule has 0 rings (SSSR count).